The predicted molar refractivity (Wildman–Crippen MR) is 177 cm³/mol. The zero-order chi connectivity index (χ0) is 38.3. The molecule has 14 nitrogen and oxygen atoms in total. The summed E-state index contributed by atoms with van der Waals surface area (Å²) in [4.78, 5) is 61.0. The van der Waals surface area contributed by atoms with E-state index in [1.807, 2.05) is 0 Å². The molecular formula is C33H28ClF5N8O6. The summed E-state index contributed by atoms with van der Waals surface area (Å²) in [6, 6.07) is 12.6. The molecule has 1 atom stereocenters. The first-order chi connectivity index (χ1) is 25.1. The molecule has 1 aliphatic carbocycles. The SMILES string of the molecule is O=C(NCc1cc(F)cc(F)c1)C(=O)NC[C@H](NC(=O)c1ccc(Nc2nc(NC3(c4ccc(Cl)cc4)CC3)nc(OCC(F)(F)F)n2)cc1)C(=O)O. The minimum atomic E-state index is -4.67. The molecule has 1 heterocycles. The number of hydrogen-bond donors (Lipinski definition) is 6. The third kappa shape index (κ3) is 10.9. The van der Waals surface area contributed by atoms with E-state index < -0.39 is 78.8 Å². The highest BCUT2D eigenvalue weighted by atomic mass is 35.5. The molecule has 1 fully saturated rings. The number of nitrogens with zero attached hydrogens (tertiary/aromatic N) is 3. The van der Waals surface area contributed by atoms with Crippen LogP contribution in [0, 0.1) is 11.6 Å². The number of hydrogen-bond acceptors (Lipinski definition) is 10. The number of halogens is 6. The van der Waals surface area contributed by atoms with Crippen LogP contribution in [0.1, 0.15) is 34.3 Å². The number of rotatable bonds is 14. The summed E-state index contributed by atoms with van der Waals surface area (Å²) >= 11 is 6.00. The number of ether oxygens (including phenoxy) is 1. The summed E-state index contributed by atoms with van der Waals surface area (Å²) in [5.74, 6) is -6.95. The van der Waals surface area contributed by atoms with E-state index in [-0.39, 0.29) is 28.7 Å². The minimum Gasteiger partial charge on any atom is -0.480 e. The van der Waals surface area contributed by atoms with Gasteiger partial charge in [-0.3, -0.25) is 14.4 Å². The molecule has 1 aliphatic rings. The number of carboxylic acid groups (broad SMARTS) is 1. The first-order valence-corrected chi connectivity index (χ1v) is 15.9. The van der Waals surface area contributed by atoms with Crippen molar-refractivity contribution in [3.63, 3.8) is 0 Å². The topological polar surface area (TPSA) is 197 Å². The van der Waals surface area contributed by atoms with E-state index in [0.717, 1.165) is 17.7 Å². The molecule has 6 N–H and O–H groups in total. The Morgan fingerprint density at radius 1 is 0.868 bits per heavy atom. The molecule has 0 unspecified atom stereocenters. The van der Waals surface area contributed by atoms with Crippen LogP contribution in [0.2, 0.25) is 5.02 Å². The molecular weight excluding hydrogens is 735 g/mol. The standard InChI is InChI=1S/C33H28ClF5N8O6/c34-20-5-3-19(4-6-20)32(9-10-32)47-30-44-29(45-31(46-30)53-16-33(37,38)39)42-23-7-1-18(2-8-23)25(48)43-24(28(51)52)15-41-27(50)26(49)40-14-17-11-21(35)13-22(36)12-17/h1-8,11-13,24H,9-10,14-16H2,(H,40,49)(H,41,50)(H,43,48)(H,51,52)(H2,42,44,45,46,47)/t24-/m0/s1. The number of carbonyl (C=O) groups is 4. The smallest absolute Gasteiger partial charge is 0.422 e. The maximum absolute atomic E-state index is 13.3. The summed E-state index contributed by atoms with van der Waals surface area (Å²) in [6.07, 6.45) is -3.31. The van der Waals surface area contributed by atoms with Crippen LogP contribution in [-0.4, -0.2) is 69.1 Å². The van der Waals surface area contributed by atoms with E-state index in [1.54, 1.807) is 24.3 Å². The monoisotopic (exact) mass is 762 g/mol. The molecule has 20 heteroatoms. The second kappa shape index (κ2) is 16.1. The third-order valence-electron chi connectivity index (χ3n) is 7.53. The van der Waals surface area contributed by atoms with Gasteiger partial charge in [0.1, 0.15) is 17.7 Å². The summed E-state index contributed by atoms with van der Waals surface area (Å²) in [6.45, 7) is -2.75. The van der Waals surface area contributed by atoms with E-state index in [1.165, 1.54) is 24.3 Å². The molecule has 0 radical (unpaired) electrons. The third-order valence-corrected chi connectivity index (χ3v) is 7.78. The molecule has 4 aromatic rings. The largest absolute Gasteiger partial charge is 0.480 e. The lowest BCUT2D eigenvalue weighted by Crippen LogP contribution is -2.50. The van der Waals surface area contributed by atoms with Gasteiger partial charge >= 0.3 is 30.0 Å². The maximum Gasteiger partial charge on any atom is 0.422 e. The van der Waals surface area contributed by atoms with Crippen LogP contribution in [0.4, 0.5) is 39.5 Å². The van der Waals surface area contributed by atoms with Gasteiger partial charge in [0, 0.05) is 35.4 Å². The fourth-order valence-corrected chi connectivity index (χ4v) is 4.93. The Hall–Kier alpha value is -6.11. The highest BCUT2D eigenvalue weighted by Gasteiger charge is 2.45. The maximum atomic E-state index is 13.3. The van der Waals surface area contributed by atoms with Crippen molar-refractivity contribution in [2.45, 2.75) is 37.1 Å². The average Bonchev–Trinajstić information content (AvgIpc) is 3.87. The van der Waals surface area contributed by atoms with Crippen LogP contribution in [0.25, 0.3) is 0 Å². The molecule has 53 heavy (non-hydrogen) atoms. The van der Waals surface area contributed by atoms with Crippen molar-refractivity contribution in [3.8, 4) is 6.01 Å². The van der Waals surface area contributed by atoms with Gasteiger partial charge in [0.05, 0.1) is 5.54 Å². The summed E-state index contributed by atoms with van der Waals surface area (Å²) in [5.41, 5.74) is 0.548. The van der Waals surface area contributed by atoms with Crippen molar-refractivity contribution < 1.29 is 51.0 Å². The van der Waals surface area contributed by atoms with E-state index in [4.69, 9.17) is 16.3 Å². The van der Waals surface area contributed by atoms with Gasteiger partial charge < -0.3 is 36.4 Å². The van der Waals surface area contributed by atoms with Crippen molar-refractivity contribution in [3.05, 3.63) is 100 Å². The molecule has 3 aromatic carbocycles. The van der Waals surface area contributed by atoms with Crippen LogP contribution >= 0.6 is 11.6 Å². The Morgan fingerprint density at radius 2 is 1.49 bits per heavy atom. The highest BCUT2D eigenvalue weighted by molar-refractivity contribution is 6.35. The molecule has 0 spiro atoms. The highest BCUT2D eigenvalue weighted by Crippen LogP contribution is 2.48. The molecule has 1 aromatic heterocycles. The molecule has 0 bridgehead atoms. The van der Waals surface area contributed by atoms with Crippen LogP contribution in [0.5, 0.6) is 6.01 Å². The van der Waals surface area contributed by atoms with Gasteiger partial charge in [-0.2, -0.15) is 28.1 Å². The predicted octanol–water partition coefficient (Wildman–Crippen LogP) is 4.20. The Labute approximate surface area is 301 Å². The van der Waals surface area contributed by atoms with E-state index in [9.17, 15) is 46.2 Å². The van der Waals surface area contributed by atoms with E-state index >= 15 is 0 Å². The Bertz CT molecular complexity index is 1980. The van der Waals surface area contributed by atoms with Gasteiger partial charge in [-0.15, -0.1) is 0 Å². The van der Waals surface area contributed by atoms with Gasteiger partial charge in [0.25, 0.3) is 5.91 Å². The number of carboxylic acids is 1. The normalized spacial score (nSPS) is 13.6. The van der Waals surface area contributed by atoms with Gasteiger partial charge in [-0.1, -0.05) is 23.7 Å². The second-order valence-corrected chi connectivity index (χ2v) is 12.1. The van der Waals surface area contributed by atoms with Gasteiger partial charge in [-0.05, 0) is 72.5 Å². The van der Waals surface area contributed by atoms with Gasteiger partial charge in [0.15, 0.2) is 6.61 Å². The van der Waals surface area contributed by atoms with Crippen LogP contribution < -0.4 is 31.3 Å². The number of aliphatic carboxylic acids is 1. The Balaban J connectivity index is 1.20. The van der Waals surface area contributed by atoms with Gasteiger partial charge in [0.2, 0.25) is 11.9 Å². The van der Waals surface area contributed by atoms with Crippen LogP contribution in [-0.2, 0) is 26.5 Å². The first kappa shape index (κ1) is 38.1. The van der Waals surface area contributed by atoms with E-state index in [0.29, 0.717) is 23.9 Å². The van der Waals surface area contributed by atoms with Crippen molar-refractivity contribution in [1.82, 2.24) is 30.9 Å². The van der Waals surface area contributed by atoms with Crippen molar-refractivity contribution >= 4 is 52.9 Å². The Kier molecular flexibility index (Phi) is 11.6. The summed E-state index contributed by atoms with van der Waals surface area (Å²) < 4.78 is 70.2. The molecule has 3 amide bonds. The summed E-state index contributed by atoms with van der Waals surface area (Å²) in [5, 5.41) is 22.4. The Morgan fingerprint density at radius 3 is 2.09 bits per heavy atom. The number of benzene rings is 3. The fourth-order valence-electron chi connectivity index (χ4n) is 4.80. The number of aromatic nitrogens is 3. The lowest BCUT2D eigenvalue weighted by atomic mass is 10.1. The van der Waals surface area contributed by atoms with Gasteiger partial charge in [-0.25, -0.2) is 13.6 Å². The van der Waals surface area contributed by atoms with Crippen molar-refractivity contribution in [2.24, 2.45) is 0 Å². The number of alkyl halides is 3. The number of nitrogens with one attached hydrogen (secondary N) is 5. The van der Waals surface area contributed by atoms with Crippen LogP contribution in [0.3, 0.4) is 0 Å². The van der Waals surface area contributed by atoms with Crippen molar-refractivity contribution in [2.75, 3.05) is 23.8 Å². The number of carbonyl (C=O) groups excluding carboxylic acids is 3. The second-order valence-electron chi connectivity index (χ2n) is 11.6. The average molecular weight is 763 g/mol. The lowest BCUT2D eigenvalue weighted by Gasteiger charge is -2.19. The molecule has 0 aliphatic heterocycles. The minimum absolute atomic E-state index is 0.0287. The zero-order valence-electron chi connectivity index (χ0n) is 27.1. The van der Waals surface area contributed by atoms with Crippen molar-refractivity contribution in [1.29, 1.82) is 0 Å². The molecule has 0 saturated heterocycles. The molecule has 5 rings (SSSR count). The summed E-state index contributed by atoms with van der Waals surface area (Å²) in [7, 11) is 0. The fraction of sp³-hybridized carbons (Fsp3) is 0.242. The van der Waals surface area contributed by atoms with Crippen LogP contribution in [0.15, 0.2) is 66.7 Å². The lowest BCUT2D eigenvalue weighted by molar-refractivity contribution is -0.154. The molecule has 1 saturated carbocycles. The van der Waals surface area contributed by atoms with E-state index in [2.05, 4.69) is 41.5 Å². The quantitative estimate of drug-likeness (QED) is 0.0796. The zero-order valence-corrected chi connectivity index (χ0v) is 27.8. The first-order valence-electron chi connectivity index (χ1n) is 15.5. The number of amides is 3. The molecule has 278 valence electrons. The number of anilines is 3.